The smallest absolute Gasteiger partial charge is 0.207 e. The highest BCUT2D eigenvalue weighted by molar-refractivity contribution is 8.01. The van der Waals surface area contributed by atoms with Crippen LogP contribution >= 0.6 is 0 Å². The molecule has 0 aliphatic heterocycles. The number of hydrogen-bond acceptors (Lipinski definition) is 2. The Hall–Kier alpha value is -1.87. The van der Waals surface area contributed by atoms with Crippen LogP contribution in [-0.4, -0.2) is 49.0 Å². The van der Waals surface area contributed by atoms with Crippen LogP contribution in [0.5, 0.6) is 0 Å². The molecule has 0 aliphatic rings. The largest absolute Gasteiger partial charge is 0.519 e. The molecule has 1 rings (SSSR count). The molecule has 22 heteroatoms. The Morgan fingerprint density at radius 3 is 1.31 bits per heavy atom. The third-order valence-corrected chi connectivity index (χ3v) is 7.08. The Labute approximate surface area is 184 Å². The molecule has 0 aliphatic carbocycles. The predicted molar refractivity (Wildman–Crippen MR) is 80.2 cm³/mol. The van der Waals surface area contributed by atoms with Gasteiger partial charge in [0.15, 0.2) is 0 Å². The van der Waals surface area contributed by atoms with Crippen molar-refractivity contribution in [3.63, 3.8) is 0 Å². The molecule has 0 fully saturated rings. The first kappa shape index (κ1) is 31.2. The number of halogens is 17. The summed E-state index contributed by atoms with van der Waals surface area (Å²) in [5.74, 6) is -34.5. The standard InChI is InChI=1S/C13H4F17NO2S2/c14-5-1-3-6(4-2-5)34(31-35(32,33)13(28,29)30)12(26,27)10(21,22)8(17,18)7(15,16)9(19,20)11(23,24)25/h1-4H. The number of hydrogen-bond donors (Lipinski definition) is 0. The lowest BCUT2D eigenvalue weighted by Crippen LogP contribution is -2.70. The Morgan fingerprint density at radius 2 is 0.971 bits per heavy atom. The minimum Gasteiger partial charge on any atom is -0.207 e. The maximum atomic E-state index is 14.4. The molecule has 0 bridgehead atoms. The van der Waals surface area contributed by atoms with Crippen molar-refractivity contribution in [2.75, 3.05) is 0 Å². The van der Waals surface area contributed by atoms with Crippen molar-refractivity contribution in [1.82, 2.24) is 0 Å². The van der Waals surface area contributed by atoms with Gasteiger partial charge in [0.1, 0.15) is 5.82 Å². The van der Waals surface area contributed by atoms with Crippen molar-refractivity contribution in [3.8, 4) is 0 Å². The lowest BCUT2D eigenvalue weighted by atomic mass is 9.98. The fourth-order valence-corrected chi connectivity index (χ4v) is 4.72. The third-order valence-electron chi connectivity index (χ3n) is 3.65. The second-order valence-corrected chi connectivity index (χ2v) is 9.61. The molecule has 1 atom stereocenters. The van der Waals surface area contributed by atoms with Gasteiger partial charge in [0.05, 0.1) is 0 Å². The van der Waals surface area contributed by atoms with Gasteiger partial charge in [-0.2, -0.15) is 78.7 Å². The van der Waals surface area contributed by atoms with Crippen molar-refractivity contribution in [2.24, 2.45) is 3.77 Å². The predicted octanol–water partition coefficient (Wildman–Crippen LogP) is 6.53. The lowest BCUT2D eigenvalue weighted by Gasteiger charge is -2.40. The van der Waals surface area contributed by atoms with E-state index in [1.807, 2.05) is 0 Å². The molecule has 1 aromatic rings. The maximum Gasteiger partial charge on any atom is 0.519 e. The van der Waals surface area contributed by atoms with Crippen molar-refractivity contribution in [3.05, 3.63) is 30.1 Å². The fraction of sp³-hybridized carbons (Fsp3) is 0.538. The molecule has 1 unspecified atom stereocenters. The third kappa shape index (κ3) is 4.90. The lowest BCUT2D eigenvalue weighted by molar-refractivity contribution is -0.433. The van der Waals surface area contributed by atoms with Gasteiger partial charge in [0, 0.05) is 15.6 Å². The monoisotopic (exact) mass is 593 g/mol. The average molecular weight is 593 g/mol. The molecule has 0 aromatic heterocycles. The molecule has 35 heavy (non-hydrogen) atoms. The average Bonchev–Trinajstić information content (AvgIpc) is 2.64. The maximum absolute atomic E-state index is 14.4. The number of sulfonamides is 1. The molecular formula is C13H4F17NO2S2. The van der Waals surface area contributed by atoms with Gasteiger partial charge in [-0.1, -0.05) is 0 Å². The van der Waals surface area contributed by atoms with Gasteiger partial charge in [-0.05, 0) is 24.3 Å². The first-order chi connectivity index (χ1) is 15.1. The van der Waals surface area contributed by atoms with Gasteiger partial charge in [-0.25, -0.2) is 4.39 Å². The van der Waals surface area contributed by atoms with E-state index in [0.29, 0.717) is 0 Å². The highest BCUT2D eigenvalue weighted by atomic mass is 32.3. The van der Waals surface area contributed by atoms with E-state index in [1.165, 1.54) is 3.77 Å². The van der Waals surface area contributed by atoms with E-state index in [2.05, 4.69) is 0 Å². The topological polar surface area (TPSA) is 46.5 Å². The van der Waals surface area contributed by atoms with E-state index >= 15 is 0 Å². The number of benzene rings is 1. The van der Waals surface area contributed by atoms with Gasteiger partial charge in [0.2, 0.25) is 0 Å². The Bertz CT molecular complexity index is 1070. The zero-order valence-electron chi connectivity index (χ0n) is 15.3. The molecule has 0 amide bonds. The SMILES string of the molecule is O=S(=O)(/N=S(\c1ccc(F)cc1)C(F)(F)C(F)(F)C(F)(F)C(F)(F)C(F)(F)C(F)(F)F)C(F)(F)F. The van der Waals surface area contributed by atoms with Gasteiger partial charge in [0.25, 0.3) is 0 Å². The van der Waals surface area contributed by atoms with Gasteiger partial charge in [-0.15, -0.1) is 3.77 Å². The van der Waals surface area contributed by atoms with E-state index in [1.54, 1.807) is 0 Å². The van der Waals surface area contributed by atoms with Crippen LogP contribution < -0.4 is 0 Å². The number of rotatable bonds is 7. The quantitative estimate of drug-likeness (QED) is 0.338. The highest BCUT2D eigenvalue weighted by Gasteiger charge is 2.91. The zero-order valence-corrected chi connectivity index (χ0v) is 16.9. The zero-order chi connectivity index (χ0) is 28.3. The summed E-state index contributed by atoms with van der Waals surface area (Å²) in [7, 11) is -12.6. The van der Waals surface area contributed by atoms with Crippen LogP contribution in [0.3, 0.4) is 0 Å². The Morgan fingerprint density at radius 1 is 0.600 bits per heavy atom. The normalized spacial score (nSPS) is 16.5. The van der Waals surface area contributed by atoms with Crippen molar-refractivity contribution in [1.29, 1.82) is 0 Å². The summed E-state index contributed by atoms with van der Waals surface area (Å²) in [6.45, 7) is 0. The van der Waals surface area contributed by atoms with Crippen LogP contribution in [0.4, 0.5) is 74.6 Å². The Balaban J connectivity index is 4.00. The van der Waals surface area contributed by atoms with E-state index in [9.17, 15) is 83.1 Å². The molecule has 0 saturated heterocycles. The minimum absolute atomic E-state index is 0.0656. The first-order valence-corrected chi connectivity index (χ1v) is 10.2. The summed E-state index contributed by atoms with van der Waals surface area (Å²) in [6.07, 6.45) is -7.74. The van der Waals surface area contributed by atoms with Crippen LogP contribution in [0, 0.1) is 5.82 Å². The molecule has 204 valence electrons. The molecule has 0 spiro atoms. The van der Waals surface area contributed by atoms with E-state index < -0.39 is 72.1 Å². The van der Waals surface area contributed by atoms with Crippen LogP contribution in [0.2, 0.25) is 0 Å². The Kier molecular flexibility index (Phi) is 7.67. The number of alkyl halides is 16. The fourth-order valence-electron chi connectivity index (χ4n) is 1.82. The summed E-state index contributed by atoms with van der Waals surface area (Å²) < 4.78 is 247. The van der Waals surface area contributed by atoms with Gasteiger partial charge in [-0.3, -0.25) is 0 Å². The highest BCUT2D eigenvalue weighted by Crippen LogP contribution is 2.61. The van der Waals surface area contributed by atoms with E-state index in [4.69, 9.17) is 0 Å². The number of nitrogens with zero attached hydrogens (tertiary/aromatic N) is 1. The molecule has 0 heterocycles. The van der Waals surface area contributed by atoms with Crippen molar-refractivity contribution in [2.45, 2.75) is 45.5 Å². The van der Waals surface area contributed by atoms with E-state index in [0.717, 1.165) is 0 Å². The van der Waals surface area contributed by atoms with Crippen LogP contribution in [0.1, 0.15) is 0 Å². The van der Waals surface area contributed by atoms with Gasteiger partial charge < -0.3 is 0 Å². The van der Waals surface area contributed by atoms with E-state index in [-0.39, 0.29) is 24.3 Å². The minimum atomic E-state index is -8.41. The molecular weight excluding hydrogens is 589 g/mol. The van der Waals surface area contributed by atoms with Crippen molar-refractivity contribution < 1.29 is 83.1 Å². The van der Waals surface area contributed by atoms with Crippen molar-refractivity contribution >= 4 is 20.7 Å². The summed E-state index contributed by atoms with van der Waals surface area (Å²) in [5, 5.41) is -7.34. The first-order valence-electron chi connectivity index (χ1n) is 7.59. The molecule has 0 radical (unpaired) electrons. The molecule has 0 N–H and O–H groups in total. The molecule has 0 saturated carbocycles. The van der Waals surface area contributed by atoms with Crippen LogP contribution in [0.15, 0.2) is 32.9 Å². The second kappa shape index (κ2) is 8.61. The summed E-state index contributed by atoms with van der Waals surface area (Å²) >= 11 is 0. The van der Waals surface area contributed by atoms with Crippen LogP contribution in [-0.2, 0) is 20.7 Å². The van der Waals surface area contributed by atoms with Crippen LogP contribution in [0.25, 0.3) is 0 Å². The molecule has 1 aromatic carbocycles. The summed E-state index contributed by atoms with van der Waals surface area (Å²) in [6, 6.07) is -0.634. The van der Waals surface area contributed by atoms with Gasteiger partial charge >= 0.3 is 50.7 Å². The second-order valence-electron chi connectivity index (χ2n) is 6.05. The summed E-state index contributed by atoms with van der Waals surface area (Å²) in [5.41, 5.74) is -6.71. The summed E-state index contributed by atoms with van der Waals surface area (Å²) in [4.78, 5) is -1.98. The molecule has 3 nitrogen and oxygen atoms in total.